The summed E-state index contributed by atoms with van der Waals surface area (Å²) in [5.74, 6) is -1.27. The highest BCUT2D eigenvalue weighted by atomic mass is 16.4. The molecular weight excluding hydrogens is 334 g/mol. The van der Waals surface area contributed by atoms with E-state index in [0.29, 0.717) is 11.3 Å². The standard InChI is InChI=1S/C19H23N3O4/c23-17(24)12-22-16-11-13(18(25)20-8-3-4-9-20)6-7-14(16)21-10-2-1-5-15(21)19(22)26/h6-7,11,15H,1-5,8-10,12H2,(H,23,24)/t15-/m0/s1. The van der Waals surface area contributed by atoms with Gasteiger partial charge in [0.25, 0.3) is 5.91 Å². The van der Waals surface area contributed by atoms with Crippen LogP contribution in [-0.4, -0.2) is 60.0 Å². The van der Waals surface area contributed by atoms with E-state index in [1.807, 2.05) is 11.0 Å². The summed E-state index contributed by atoms with van der Waals surface area (Å²) >= 11 is 0. The van der Waals surface area contributed by atoms with E-state index in [0.717, 1.165) is 57.4 Å². The van der Waals surface area contributed by atoms with Crippen molar-refractivity contribution in [2.24, 2.45) is 0 Å². The van der Waals surface area contributed by atoms with Crippen molar-refractivity contribution >= 4 is 29.2 Å². The fourth-order valence-electron chi connectivity index (χ4n) is 4.29. The maximum Gasteiger partial charge on any atom is 0.323 e. The Morgan fingerprint density at radius 1 is 1.04 bits per heavy atom. The topological polar surface area (TPSA) is 81.2 Å². The van der Waals surface area contributed by atoms with Crippen molar-refractivity contribution in [1.82, 2.24) is 4.90 Å². The highest BCUT2D eigenvalue weighted by Gasteiger charge is 2.40. The van der Waals surface area contributed by atoms with E-state index < -0.39 is 5.97 Å². The molecular formula is C19H23N3O4. The zero-order chi connectivity index (χ0) is 18.3. The fraction of sp³-hybridized carbons (Fsp3) is 0.526. The van der Waals surface area contributed by atoms with Gasteiger partial charge < -0.3 is 14.9 Å². The first-order chi connectivity index (χ1) is 12.6. The second kappa shape index (κ2) is 6.63. The molecule has 0 bridgehead atoms. The van der Waals surface area contributed by atoms with Crippen molar-refractivity contribution in [3.05, 3.63) is 23.8 Å². The van der Waals surface area contributed by atoms with Crippen LogP contribution >= 0.6 is 0 Å². The van der Waals surface area contributed by atoms with Gasteiger partial charge in [0.2, 0.25) is 5.91 Å². The molecule has 3 heterocycles. The smallest absolute Gasteiger partial charge is 0.323 e. The van der Waals surface area contributed by atoms with Crippen LogP contribution in [0.1, 0.15) is 42.5 Å². The van der Waals surface area contributed by atoms with E-state index in [4.69, 9.17) is 0 Å². The van der Waals surface area contributed by atoms with Crippen LogP contribution in [0.3, 0.4) is 0 Å². The van der Waals surface area contributed by atoms with E-state index in [9.17, 15) is 19.5 Å². The van der Waals surface area contributed by atoms with Crippen LogP contribution in [0.5, 0.6) is 0 Å². The van der Waals surface area contributed by atoms with Gasteiger partial charge in [0, 0.05) is 25.2 Å². The lowest BCUT2D eigenvalue weighted by Crippen LogP contribution is -2.56. The van der Waals surface area contributed by atoms with Crippen molar-refractivity contribution in [2.45, 2.75) is 38.1 Å². The zero-order valence-corrected chi connectivity index (χ0v) is 14.7. The molecule has 3 aliphatic heterocycles. The fourth-order valence-corrected chi connectivity index (χ4v) is 4.29. The number of benzene rings is 1. The molecule has 2 amide bonds. The van der Waals surface area contributed by atoms with E-state index in [1.165, 1.54) is 4.90 Å². The summed E-state index contributed by atoms with van der Waals surface area (Å²) < 4.78 is 0. The molecule has 7 heteroatoms. The Balaban J connectivity index is 1.74. The Morgan fingerprint density at radius 3 is 2.50 bits per heavy atom. The molecule has 0 unspecified atom stereocenters. The second-order valence-corrected chi connectivity index (χ2v) is 7.23. The predicted octanol–water partition coefficient (Wildman–Crippen LogP) is 1.71. The van der Waals surface area contributed by atoms with Gasteiger partial charge in [0.05, 0.1) is 11.4 Å². The monoisotopic (exact) mass is 357 g/mol. The second-order valence-electron chi connectivity index (χ2n) is 7.23. The van der Waals surface area contributed by atoms with Crippen molar-refractivity contribution in [3.63, 3.8) is 0 Å². The number of carbonyl (C=O) groups excluding carboxylic acids is 2. The average Bonchev–Trinajstić information content (AvgIpc) is 3.18. The molecule has 4 rings (SSSR count). The molecule has 2 saturated heterocycles. The highest BCUT2D eigenvalue weighted by Crippen LogP contribution is 2.40. The number of carboxylic acid groups (broad SMARTS) is 1. The minimum Gasteiger partial charge on any atom is -0.480 e. The number of carbonyl (C=O) groups is 3. The summed E-state index contributed by atoms with van der Waals surface area (Å²) in [5, 5.41) is 9.27. The van der Waals surface area contributed by atoms with Crippen molar-refractivity contribution in [2.75, 3.05) is 36.0 Å². The van der Waals surface area contributed by atoms with Gasteiger partial charge in [-0.3, -0.25) is 19.3 Å². The van der Waals surface area contributed by atoms with Crippen molar-refractivity contribution in [3.8, 4) is 0 Å². The number of carboxylic acids is 1. The van der Waals surface area contributed by atoms with Crippen molar-refractivity contribution in [1.29, 1.82) is 0 Å². The molecule has 2 fully saturated rings. The van der Waals surface area contributed by atoms with E-state index in [2.05, 4.69) is 4.90 Å². The summed E-state index contributed by atoms with van der Waals surface area (Å²) in [6.07, 6.45) is 4.74. The molecule has 0 aliphatic carbocycles. The van der Waals surface area contributed by atoms with Gasteiger partial charge in [-0.05, 0) is 50.3 Å². The summed E-state index contributed by atoms with van der Waals surface area (Å²) in [4.78, 5) is 42.2. The normalized spacial score (nSPS) is 22.2. The van der Waals surface area contributed by atoms with Crippen LogP contribution in [0.25, 0.3) is 0 Å². The first kappa shape index (κ1) is 16.9. The van der Waals surface area contributed by atoms with Crippen LogP contribution in [0.15, 0.2) is 18.2 Å². The van der Waals surface area contributed by atoms with Gasteiger partial charge in [0.15, 0.2) is 0 Å². The molecule has 3 aliphatic rings. The van der Waals surface area contributed by atoms with Gasteiger partial charge in [-0.2, -0.15) is 0 Å². The Bertz CT molecular complexity index is 757. The number of fused-ring (bicyclic) bond motifs is 3. The molecule has 0 spiro atoms. The molecule has 1 N–H and O–H groups in total. The van der Waals surface area contributed by atoms with Crippen LogP contribution < -0.4 is 9.80 Å². The Hall–Kier alpha value is -2.57. The Labute approximate surface area is 152 Å². The van der Waals surface area contributed by atoms with Gasteiger partial charge >= 0.3 is 5.97 Å². The maximum atomic E-state index is 12.9. The largest absolute Gasteiger partial charge is 0.480 e. The molecule has 0 radical (unpaired) electrons. The lowest BCUT2D eigenvalue weighted by Gasteiger charge is -2.45. The molecule has 7 nitrogen and oxygen atoms in total. The number of nitrogens with zero attached hydrogens (tertiary/aromatic N) is 3. The highest BCUT2D eigenvalue weighted by molar-refractivity contribution is 6.09. The molecule has 1 atom stereocenters. The van der Waals surface area contributed by atoms with Crippen molar-refractivity contribution < 1.29 is 19.5 Å². The third kappa shape index (κ3) is 2.81. The number of hydrogen-bond acceptors (Lipinski definition) is 4. The van der Waals surface area contributed by atoms with Crippen LogP contribution in [0, 0.1) is 0 Å². The average molecular weight is 357 g/mol. The lowest BCUT2D eigenvalue weighted by molar-refractivity contribution is -0.137. The minimum atomic E-state index is -1.05. The number of amides is 2. The van der Waals surface area contributed by atoms with Crippen LogP contribution in [0.2, 0.25) is 0 Å². The maximum absolute atomic E-state index is 12.9. The third-order valence-electron chi connectivity index (χ3n) is 5.56. The zero-order valence-electron chi connectivity index (χ0n) is 14.7. The number of aliphatic carboxylic acids is 1. The minimum absolute atomic E-state index is 0.0474. The van der Waals surface area contributed by atoms with E-state index in [-0.39, 0.29) is 24.4 Å². The van der Waals surface area contributed by atoms with E-state index in [1.54, 1.807) is 12.1 Å². The van der Waals surface area contributed by atoms with Gasteiger partial charge in [-0.15, -0.1) is 0 Å². The summed E-state index contributed by atoms with van der Waals surface area (Å²) in [6.45, 7) is 1.91. The first-order valence-corrected chi connectivity index (χ1v) is 9.29. The number of rotatable bonds is 3. The SMILES string of the molecule is O=C(O)CN1C(=O)[C@@H]2CCCCN2c2ccc(C(=O)N3CCCC3)cc21. The third-order valence-corrected chi connectivity index (χ3v) is 5.56. The molecule has 1 aromatic carbocycles. The number of piperidine rings is 1. The molecule has 26 heavy (non-hydrogen) atoms. The van der Waals surface area contributed by atoms with Gasteiger partial charge in [-0.25, -0.2) is 0 Å². The Kier molecular flexibility index (Phi) is 4.30. The summed E-state index contributed by atoms with van der Waals surface area (Å²) in [7, 11) is 0. The number of likely N-dealkylation sites (tertiary alicyclic amines) is 1. The van der Waals surface area contributed by atoms with Gasteiger partial charge in [-0.1, -0.05) is 0 Å². The van der Waals surface area contributed by atoms with Gasteiger partial charge in [0.1, 0.15) is 12.6 Å². The molecule has 138 valence electrons. The molecule has 0 aromatic heterocycles. The quantitative estimate of drug-likeness (QED) is 0.891. The number of anilines is 2. The first-order valence-electron chi connectivity index (χ1n) is 9.29. The molecule has 0 saturated carbocycles. The summed E-state index contributed by atoms with van der Waals surface area (Å²) in [5.41, 5.74) is 1.92. The summed E-state index contributed by atoms with van der Waals surface area (Å²) in [6, 6.07) is 5.08. The Morgan fingerprint density at radius 2 is 1.77 bits per heavy atom. The van der Waals surface area contributed by atoms with E-state index >= 15 is 0 Å². The molecule has 1 aromatic rings. The predicted molar refractivity (Wildman–Crippen MR) is 96.6 cm³/mol. The van der Waals surface area contributed by atoms with Crippen LogP contribution in [-0.2, 0) is 9.59 Å². The number of hydrogen-bond donors (Lipinski definition) is 1. The van der Waals surface area contributed by atoms with Crippen LogP contribution in [0.4, 0.5) is 11.4 Å². The lowest BCUT2D eigenvalue weighted by atomic mass is 9.95.